The van der Waals surface area contributed by atoms with Crippen molar-refractivity contribution < 1.29 is 4.57 Å². The van der Waals surface area contributed by atoms with E-state index >= 15 is 0 Å². The maximum Gasteiger partial charge on any atom is 0.220 e. The molecule has 0 bridgehead atoms. The standard InChI is InChI=1S/C27H34N/c1-5-20-16-21(6-2)19(3)26(17-20)27-25-13-12-23(22-10-8-7-9-11-22)18-24(25)14-15-28(27)4/h12-18,22H,5-11H2,1-4H3/q+1. The minimum absolute atomic E-state index is 0.757. The normalized spacial score (nSPS) is 15.3. The summed E-state index contributed by atoms with van der Waals surface area (Å²) in [6.45, 7) is 6.82. The van der Waals surface area contributed by atoms with Crippen LogP contribution in [0.3, 0.4) is 0 Å². The Morgan fingerprint density at radius 1 is 0.929 bits per heavy atom. The molecular weight excluding hydrogens is 338 g/mol. The second kappa shape index (κ2) is 8.07. The third-order valence-electron chi connectivity index (χ3n) is 6.86. The molecule has 1 saturated carbocycles. The summed E-state index contributed by atoms with van der Waals surface area (Å²) in [6.07, 6.45) is 11.3. The summed E-state index contributed by atoms with van der Waals surface area (Å²) >= 11 is 0. The van der Waals surface area contributed by atoms with Crippen molar-refractivity contribution in [3.63, 3.8) is 0 Å². The number of hydrogen-bond acceptors (Lipinski definition) is 0. The lowest BCUT2D eigenvalue weighted by Crippen LogP contribution is -2.31. The van der Waals surface area contributed by atoms with Crippen LogP contribution < -0.4 is 4.57 Å². The van der Waals surface area contributed by atoms with Gasteiger partial charge in [0, 0.05) is 6.07 Å². The van der Waals surface area contributed by atoms with E-state index in [-0.39, 0.29) is 0 Å². The lowest BCUT2D eigenvalue weighted by Gasteiger charge is -2.22. The number of nitrogens with zero attached hydrogens (tertiary/aromatic N) is 1. The van der Waals surface area contributed by atoms with Gasteiger partial charge in [0.1, 0.15) is 7.05 Å². The Balaban J connectivity index is 1.89. The van der Waals surface area contributed by atoms with E-state index in [1.165, 1.54) is 70.8 Å². The predicted molar refractivity (Wildman–Crippen MR) is 120 cm³/mol. The number of aromatic nitrogens is 1. The van der Waals surface area contributed by atoms with E-state index < -0.39 is 0 Å². The highest BCUT2D eigenvalue weighted by molar-refractivity contribution is 5.94. The molecule has 1 nitrogen and oxygen atoms in total. The first-order valence-electron chi connectivity index (χ1n) is 11.2. The number of benzene rings is 2. The lowest BCUT2D eigenvalue weighted by atomic mass is 9.83. The van der Waals surface area contributed by atoms with Crippen LogP contribution in [-0.2, 0) is 19.9 Å². The van der Waals surface area contributed by atoms with E-state index in [4.69, 9.17) is 0 Å². The van der Waals surface area contributed by atoms with Crippen molar-refractivity contribution in [2.45, 2.75) is 71.6 Å². The van der Waals surface area contributed by atoms with E-state index in [0.717, 1.165) is 18.8 Å². The minimum Gasteiger partial charge on any atom is -0.200 e. The first-order chi connectivity index (χ1) is 13.6. The Kier molecular flexibility index (Phi) is 5.53. The summed E-state index contributed by atoms with van der Waals surface area (Å²) in [4.78, 5) is 0. The zero-order valence-corrected chi connectivity index (χ0v) is 18.0. The quantitative estimate of drug-likeness (QED) is 0.443. The highest BCUT2D eigenvalue weighted by atomic mass is 14.9. The summed E-state index contributed by atoms with van der Waals surface area (Å²) in [7, 11) is 2.19. The van der Waals surface area contributed by atoms with Crippen LogP contribution >= 0.6 is 0 Å². The molecule has 0 saturated heterocycles. The summed E-state index contributed by atoms with van der Waals surface area (Å²) in [5.41, 5.74) is 8.64. The summed E-state index contributed by atoms with van der Waals surface area (Å²) < 4.78 is 2.31. The smallest absolute Gasteiger partial charge is 0.200 e. The SMILES string of the molecule is CCc1cc(CC)c(C)c(-c2c3ccc(C4CCCCC4)cc3cc[n+]2C)c1. The molecule has 2 aromatic carbocycles. The van der Waals surface area contributed by atoms with Gasteiger partial charge in [0.2, 0.25) is 5.69 Å². The molecule has 0 aliphatic heterocycles. The van der Waals surface area contributed by atoms with Crippen LogP contribution in [0.5, 0.6) is 0 Å². The van der Waals surface area contributed by atoms with Crippen LogP contribution in [0, 0.1) is 6.92 Å². The van der Waals surface area contributed by atoms with Crippen LogP contribution in [0.1, 0.15) is 74.1 Å². The van der Waals surface area contributed by atoms with Gasteiger partial charge in [-0.25, -0.2) is 4.57 Å². The molecule has 146 valence electrons. The van der Waals surface area contributed by atoms with Gasteiger partial charge in [0.15, 0.2) is 6.20 Å². The average Bonchev–Trinajstić information content (AvgIpc) is 2.74. The van der Waals surface area contributed by atoms with Gasteiger partial charge >= 0.3 is 0 Å². The van der Waals surface area contributed by atoms with E-state index in [2.05, 4.69) is 75.0 Å². The largest absolute Gasteiger partial charge is 0.220 e. The molecule has 1 aromatic heterocycles. The van der Waals surface area contributed by atoms with Crippen LogP contribution in [-0.4, -0.2) is 0 Å². The van der Waals surface area contributed by atoms with Crippen molar-refractivity contribution in [2.24, 2.45) is 7.05 Å². The van der Waals surface area contributed by atoms with Gasteiger partial charge in [0.05, 0.1) is 10.9 Å². The van der Waals surface area contributed by atoms with E-state index in [1.54, 1.807) is 5.56 Å². The van der Waals surface area contributed by atoms with Crippen molar-refractivity contribution in [2.75, 3.05) is 0 Å². The Hall–Kier alpha value is -2.15. The van der Waals surface area contributed by atoms with Crippen molar-refractivity contribution in [3.8, 4) is 11.3 Å². The van der Waals surface area contributed by atoms with Gasteiger partial charge in [-0.05, 0) is 78.3 Å². The maximum atomic E-state index is 2.47. The number of pyridine rings is 1. The van der Waals surface area contributed by atoms with Crippen molar-refractivity contribution in [3.05, 3.63) is 64.8 Å². The second-order valence-corrected chi connectivity index (χ2v) is 8.59. The van der Waals surface area contributed by atoms with Crippen molar-refractivity contribution >= 4 is 10.8 Å². The number of rotatable bonds is 4. The minimum atomic E-state index is 0.757. The molecule has 0 N–H and O–H groups in total. The Morgan fingerprint density at radius 2 is 1.71 bits per heavy atom. The molecule has 0 radical (unpaired) electrons. The van der Waals surface area contributed by atoms with Gasteiger partial charge < -0.3 is 0 Å². The summed E-state index contributed by atoms with van der Waals surface area (Å²) in [5, 5.41) is 2.76. The molecule has 1 aliphatic rings. The fourth-order valence-electron chi connectivity index (χ4n) is 5.07. The third kappa shape index (κ3) is 3.48. The molecule has 1 heteroatoms. The molecule has 28 heavy (non-hydrogen) atoms. The van der Waals surface area contributed by atoms with Crippen molar-refractivity contribution in [1.29, 1.82) is 0 Å². The van der Waals surface area contributed by atoms with E-state index in [9.17, 15) is 0 Å². The van der Waals surface area contributed by atoms with E-state index in [0.29, 0.717) is 0 Å². The summed E-state index contributed by atoms with van der Waals surface area (Å²) in [6, 6.07) is 14.4. The zero-order valence-electron chi connectivity index (χ0n) is 18.0. The van der Waals surface area contributed by atoms with Gasteiger partial charge in [-0.2, -0.15) is 0 Å². The molecule has 0 spiro atoms. The first-order valence-corrected chi connectivity index (χ1v) is 11.2. The predicted octanol–water partition coefficient (Wildman–Crippen LogP) is 6.81. The maximum absolute atomic E-state index is 2.47. The van der Waals surface area contributed by atoms with E-state index in [1.807, 2.05) is 0 Å². The molecule has 3 aromatic rings. The first kappa shape index (κ1) is 19.2. The fraction of sp³-hybridized carbons (Fsp3) is 0.444. The highest BCUT2D eigenvalue weighted by Crippen LogP contribution is 2.36. The van der Waals surface area contributed by atoms with Gasteiger partial charge in [-0.3, -0.25) is 0 Å². The molecule has 0 unspecified atom stereocenters. The molecule has 1 heterocycles. The third-order valence-corrected chi connectivity index (χ3v) is 6.86. The molecule has 4 rings (SSSR count). The number of hydrogen-bond donors (Lipinski definition) is 0. The fourth-order valence-corrected chi connectivity index (χ4v) is 5.07. The van der Waals surface area contributed by atoms with Crippen LogP contribution in [0.15, 0.2) is 42.6 Å². The Bertz CT molecular complexity index is 993. The second-order valence-electron chi connectivity index (χ2n) is 8.59. The number of aryl methyl sites for hydroxylation is 3. The molecule has 1 fully saturated rings. The van der Waals surface area contributed by atoms with Gasteiger partial charge in [-0.15, -0.1) is 0 Å². The van der Waals surface area contributed by atoms with Crippen LogP contribution in [0.2, 0.25) is 0 Å². The lowest BCUT2D eigenvalue weighted by molar-refractivity contribution is -0.659. The topological polar surface area (TPSA) is 3.88 Å². The molecule has 0 amide bonds. The molecular formula is C27H34N+. The zero-order chi connectivity index (χ0) is 19.7. The Morgan fingerprint density at radius 3 is 2.43 bits per heavy atom. The van der Waals surface area contributed by atoms with Crippen LogP contribution in [0.4, 0.5) is 0 Å². The van der Waals surface area contributed by atoms with Gasteiger partial charge in [0.25, 0.3) is 0 Å². The highest BCUT2D eigenvalue weighted by Gasteiger charge is 2.21. The number of fused-ring (bicyclic) bond motifs is 1. The van der Waals surface area contributed by atoms with Gasteiger partial charge in [-0.1, -0.05) is 51.3 Å². The monoisotopic (exact) mass is 372 g/mol. The average molecular weight is 373 g/mol. The molecule has 1 aliphatic carbocycles. The summed E-state index contributed by atoms with van der Waals surface area (Å²) in [5.74, 6) is 0.757. The molecule has 0 atom stereocenters. The Labute approximate surface area is 170 Å². The van der Waals surface area contributed by atoms with Crippen molar-refractivity contribution in [1.82, 2.24) is 0 Å². The van der Waals surface area contributed by atoms with Crippen LogP contribution in [0.25, 0.3) is 22.0 Å².